The molecule has 2 unspecified atom stereocenters. The maximum atomic E-state index is 6.13. The average molecular weight is 249 g/mol. The molecule has 1 aliphatic rings. The summed E-state index contributed by atoms with van der Waals surface area (Å²) in [7, 11) is 0. The fraction of sp³-hybridized carbons (Fsp3) is 1.00. The van der Waals surface area contributed by atoms with E-state index in [1.807, 2.05) is 6.92 Å². The number of hydrogen-bond donors (Lipinski definition) is 1. The summed E-state index contributed by atoms with van der Waals surface area (Å²) < 4.78 is 5.74. The molecule has 0 aliphatic carbocycles. The molecule has 0 saturated carbocycles. The molecule has 1 aliphatic heterocycles. The predicted octanol–water partition coefficient (Wildman–Crippen LogP) is 1.70. The van der Waals surface area contributed by atoms with Gasteiger partial charge in [0.1, 0.15) is 0 Å². The van der Waals surface area contributed by atoms with Crippen LogP contribution in [0, 0.1) is 0 Å². The first-order valence-corrected chi connectivity index (χ1v) is 6.62. The van der Waals surface area contributed by atoms with Crippen LogP contribution in [0.1, 0.15) is 27.7 Å². The van der Waals surface area contributed by atoms with E-state index in [0.29, 0.717) is 6.10 Å². The van der Waals surface area contributed by atoms with Crippen LogP contribution in [0.5, 0.6) is 0 Å². The predicted molar refractivity (Wildman–Crippen MR) is 69.3 cm³/mol. The Kier molecular flexibility index (Phi) is 5.51. The van der Waals surface area contributed by atoms with Gasteiger partial charge < -0.3 is 10.1 Å². The van der Waals surface area contributed by atoms with E-state index >= 15 is 0 Å². The highest BCUT2D eigenvalue weighted by molar-refractivity contribution is 6.21. The molecule has 96 valence electrons. The van der Waals surface area contributed by atoms with Crippen LogP contribution >= 0.6 is 11.6 Å². The van der Waals surface area contributed by atoms with E-state index in [1.165, 1.54) is 0 Å². The number of ether oxygens (including phenoxy) is 1. The molecule has 0 spiro atoms. The molecule has 1 N–H and O–H groups in total. The van der Waals surface area contributed by atoms with Crippen LogP contribution in [0.25, 0.3) is 0 Å². The van der Waals surface area contributed by atoms with Crippen molar-refractivity contribution in [3.8, 4) is 0 Å². The second-order valence-corrected chi connectivity index (χ2v) is 5.76. The van der Waals surface area contributed by atoms with Crippen LogP contribution in [0.15, 0.2) is 0 Å². The molecule has 16 heavy (non-hydrogen) atoms. The second-order valence-electron chi connectivity index (χ2n) is 5.10. The summed E-state index contributed by atoms with van der Waals surface area (Å²) in [6.07, 6.45) is 0.295. The third-order valence-electron chi connectivity index (χ3n) is 3.45. The van der Waals surface area contributed by atoms with Crippen LogP contribution in [-0.2, 0) is 4.74 Å². The lowest BCUT2D eigenvalue weighted by Crippen LogP contribution is -2.53. The first-order chi connectivity index (χ1) is 7.45. The molecule has 0 bridgehead atoms. The number of hydrogen-bond acceptors (Lipinski definition) is 3. The van der Waals surface area contributed by atoms with E-state index in [1.54, 1.807) is 0 Å². The molecule has 3 nitrogen and oxygen atoms in total. The van der Waals surface area contributed by atoms with Crippen LogP contribution in [0.2, 0.25) is 0 Å². The van der Waals surface area contributed by atoms with Crippen molar-refractivity contribution in [3.63, 3.8) is 0 Å². The summed E-state index contributed by atoms with van der Waals surface area (Å²) in [4.78, 5) is 2.42. The molecule has 0 radical (unpaired) electrons. The molecule has 1 fully saturated rings. The Morgan fingerprint density at radius 1 is 1.56 bits per heavy atom. The topological polar surface area (TPSA) is 24.5 Å². The van der Waals surface area contributed by atoms with Crippen LogP contribution in [-0.4, -0.2) is 54.7 Å². The Balaban J connectivity index is 2.32. The largest absolute Gasteiger partial charge is 0.374 e. The van der Waals surface area contributed by atoms with Gasteiger partial charge in [-0.3, -0.25) is 4.90 Å². The second kappa shape index (κ2) is 6.20. The first-order valence-electron chi connectivity index (χ1n) is 6.18. The third-order valence-corrected chi connectivity index (χ3v) is 4.00. The normalized spacial score (nSPS) is 25.7. The van der Waals surface area contributed by atoms with Crippen molar-refractivity contribution in [1.29, 1.82) is 0 Å². The quantitative estimate of drug-likeness (QED) is 0.750. The number of nitrogens with zero attached hydrogens (tertiary/aromatic N) is 1. The van der Waals surface area contributed by atoms with Gasteiger partial charge in [-0.05, 0) is 27.3 Å². The number of alkyl halides is 1. The molecule has 2 atom stereocenters. The van der Waals surface area contributed by atoms with Crippen molar-refractivity contribution < 1.29 is 4.74 Å². The summed E-state index contributed by atoms with van der Waals surface area (Å²) in [6.45, 7) is 13.4. The van der Waals surface area contributed by atoms with Gasteiger partial charge in [-0.1, -0.05) is 6.92 Å². The van der Waals surface area contributed by atoms with Gasteiger partial charge in [0.15, 0.2) is 0 Å². The summed E-state index contributed by atoms with van der Waals surface area (Å²) >= 11 is 6.13. The smallest absolute Gasteiger partial charge is 0.0826 e. The van der Waals surface area contributed by atoms with Gasteiger partial charge in [0.2, 0.25) is 0 Å². The Bertz CT molecular complexity index is 209. The van der Waals surface area contributed by atoms with Gasteiger partial charge in [-0.15, -0.1) is 11.6 Å². The van der Waals surface area contributed by atoms with E-state index in [9.17, 15) is 0 Å². The SMILES string of the molecule is CCN1CCOC(CNC(C)(C)C(C)Cl)C1. The Morgan fingerprint density at radius 2 is 2.25 bits per heavy atom. The minimum Gasteiger partial charge on any atom is -0.374 e. The number of nitrogens with one attached hydrogen (secondary N) is 1. The zero-order chi connectivity index (χ0) is 12.2. The summed E-state index contributed by atoms with van der Waals surface area (Å²) in [5.74, 6) is 0. The summed E-state index contributed by atoms with van der Waals surface area (Å²) in [6, 6.07) is 0. The minimum absolute atomic E-state index is 0.0423. The van der Waals surface area contributed by atoms with Crippen molar-refractivity contribution in [2.45, 2.75) is 44.7 Å². The molecule has 0 aromatic rings. The zero-order valence-electron chi connectivity index (χ0n) is 10.9. The van der Waals surface area contributed by atoms with Gasteiger partial charge in [-0.2, -0.15) is 0 Å². The zero-order valence-corrected chi connectivity index (χ0v) is 11.7. The van der Waals surface area contributed by atoms with Crippen molar-refractivity contribution >= 4 is 11.6 Å². The highest BCUT2D eigenvalue weighted by atomic mass is 35.5. The molecule has 1 rings (SSSR count). The van der Waals surface area contributed by atoms with E-state index in [4.69, 9.17) is 16.3 Å². The standard InChI is InChI=1S/C12H25ClN2O/c1-5-15-6-7-16-11(9-15)8-14-12(3,4)10(2)13/h10-11,14H,5-9H2,1-4H3. The number of halogens is 1. The fourth-order valence-corrected chi connectivity index (χ4v) is 1.79. The lowest BCUT2D eigenvalue weighted by atomic mass is 10.0. The van der Waals surface area contributed by atoms with E-state index in [2.05, 4.69) is 31.0 Å². The molecular formula is C12H25ClN2O. The van der Waals surface area contributed by atoms with Gasteiger partial charge in [0.05, 0.1) is 12.7 Å². The molecule has 0 amide bonds. The van der Waals surface area contributed by atoms with Crippen molar-refractivity contribution in [2.75, 3.05) is 32.8 Å². The monoisotopic (exact) mass is 248 g/mol. The molecule has 0 aromatic heterocycles. The maximum absolute atomic E-state index is 6.13. The van der Waals surface area contributed by atoms with Crippen molar-refractivity contribution in [3.05, 3.63) is 0 Å². The minimum atomic E-state index is -0.0423. The summed E-state index contributed by atoms with van der Waals surface area (Å²) in [5, 5.41) is 3.60. The average Bonchev–Trinajstić information content (AvgIpc) is 2.26. The van der Waals surface area contributed by atoms with Gasteiger partial charge in [-0.25, -0.2) is 0 Å². The molecule has 4 heteroatoms. The Labute approximate surface area is 104 Å². The van der Waals surface area contributed by atoms with Crippen molar-refractivity contribution in [1.82, 2.24) is 10.2 Å². The third kappa shape index (κ3) is 4.21. The molecular weight excluding hydrogens is 224 g/mol. The van der Waals surface area contributed by atoms with Gasteiger partial charge in [0.25, 0.3) is 0 Å². The number of likely N-dealkylation sites (N-methyl/N-ethyl adjacent to an activating group) is 1. The molecule has 1 saturated heterocycles. The van der Waals surface area contributed by atoms with Gasteiger partial charge in [0, 0.05) is 30.6 Å². The van der Waals surface area contributed by atoms with E-state index in [-0.39, 0.29) is 10.9 Å². The van der Waals surface area contributed by atoms with Crippen LogP contribution in [0.3, 0.4) is 0 Å². The fourth-order valence-electron chi connectivity index (χ4n) is 1.71. The molecule has 1 heterocycles. The van der Waals surface area contributed by atoms with Gasteiger partial charge >= 0.3 is 0 Å². The maximum Gasteiger partial charge on any atom is 0.0826 e. The van der Waals surface area contributed by atoms with E-state index < -0.39 is 0 Å². The van der Waals surface area contributed by atoms with E-state index in [0.717, 1.165) is 32.8 Å². The number of rotatable bonds is 5. The highest BCUT2D eigenvalue weighted by Gasteiger charge is 2.26. The Hall–Kier alpha value is 0.170. The number of morpholine rings is 1. The Morgan fingerprint density at radius 3 is 2.81 bits per heavy atom. The lowest BCUT2D eigenvalue weighted by Gasteiger charge is -2.35. The highest BCUT2D eigenvalue weighted by Crippen LogP contribution is 2.15. The first kappa shape index (κ1) is 14.2. The van der Waals surface area contributed by atoms with Crippen molar-refractivity contribution in [2.24, 2.45) is 0 Å². The van der Waals surface area contributed by atoms with Crippen LogP contribution in [0.4, 0.5) is 0 Å². The summed E-state index contributed by atoms with van der Waals surface area (Å²) in [5.41, 5.74) is -0.0423. The van der Waals surface area contributed by atoms with Crippen LogP contribution < -0.4 is 5.32 Å². The molecule has 0 aromatic carbocycles. The lowest BCUT2D eigenvalue weighted by molar-refractivity contribution is -0.0279.